The van der Waals surface area contributed by atoms with Crippen LogP contribution in [0.3, 0.4) is 0 Å². The lowest BCUT2D eigenvalue weighted by atomic mass is 10.1. The van der Waals surface area contributed by atoms with E-state index in [0.29, 0.717) is 27.1 Å². The van der Waals surface area contributed by atoms with Gasteiger partial charge in [0.1, 0.15) is 12.3 Å². The van der Waals surface area contributed by atoms with Gasteiger partial charge in [0.25, 0.3) is 5.91 Å². The third kappa shape index (κ3) is 4.91. The lowest BCUT2D eigenvalue weighted by Crippen LogP contribution is -2.30. The van der Waals surface area contributed by atoms with Crippen LogP contribution < -0.4 is 14.8 Å². The van der Waals surface area contributed by atoms with Crippen LogP contribution in [0.25, 0.3) is 6.08 Å². The molecule has 1 aliphatic heterocycles. The Morgan fingerprint density at radius 1 is 1.23 bits per heavy atom. The fourth-order valence-electron chi connectivity index (χ4n) is 2.79. The van der Waals surface area contributed by atoms with Crippen LogP contribution in [0.4, 0.5) is 4.79 Å². The zero-order valence-corrected chi connectivity index (χ0v) is 19.5. The Morgan fingerprint density at radius 2 is 2.00 bits per heavy atom. The highest BCUT2D eigenvalue weighted by molar-refractivity contribution is 14.1. The van der Waals surface area contributed by atoms with Crippen LogP contribution in [0.2, 0.25) is 10.0 Å². The molecule has 0 saturated carbocycles. The number of amides is 3. The number of imide groups is 1. The standard InChI is InChI=1S/C21H17Cl2IN2O4/c1-3-6-26-20(27)17(25-21(26)28)8-12-7-16(24)19(18(9-12)29-2)30-11-13-4-5-14(22)10-15(13)23/h3-5,7-10H,1,6,11H2,2H3,(H,25,28)/b17-8+. The van der Waals surface area contributed by atoms with Gasteiger partial charge in [-0.2, -0.15) is 0 Å². The van der Waals surface area contributed by atoms with E-state index in [0.717, 1.165) is 14.0 Å². The Balaban J connectivity index is 1.84. The monoisotopic (exact) mass is 558 g/mol. The fourth-order valence-corrected chi connectivity index (χ4v) is 4.03. The molecule has 0 radical (unpaired) electrons. The molecular formula is C21H17Cl2IN2O4. The average molecular weight is 559 g/mol. The second-order valence-corrected chi connectivity index (χ2v) is 8.26. The molecule has 1 N–H and O–H groups in total. The number of halogens is 3. The van der Waals surface area contributed by atoms with E-state index in [2.05, 4.69) is 34.5 Å². The second-order valence-electron chi connectivity index (χ2n) is 6.25. The quantitative estimate of drug-likeness (QED) is 0.218. The highest BCUT2D eigenvalue weighted by atomic mass is 127. The summed E-state index contributed by atoms with van der Waals surface area (Å²) in [5.41, 5.74) is 1.64. The summed E-state index contributed by atoms with van der Waals surface area (Å²) in [7, 11) is 1.53. The summed E-state index contributed by atoms with van der Waals surface area (Å²) in [5, 5.41) is 3.63. The van der Waals surface area contributed by atoms with Gasteiger partial charge in [0.15, 0.2) is 11.5 Å². The van der Waals surface area contributed by atoms with Crippen LogP contribution >= 0.6 is 45.8 Å². The van der Waals surface area contributed by atoms with E-state index >= 15 is 0 Å². The molecule has 6 nitrogen and oxygen atoms in total. The van der Waals surface area contributed by atoms with Gasteiger partial charge in [0, 0.05) is 22.2 Å². The molecule has 1 aliphatic rings. The predicted molar refractivity (Wildman–Crippen MR) is 125 cm³/mol. The number of urea groups is 1. The summed E-state index contributed by atoms with van der Waals surface area (Å²) in [4.78, 5) is 25.4. The summed E-state index contributed by atoms with van der Waals surface area (Å²) in [6.07, 6.45) is 3.08. The number of ether oxygens (including phenoxy) is 2. The van der Waals surface area contributed by atoms with Crippen molar-refractivity contribution in [1.82, 2.24) is 10.2 Å². The van der Waals surface area contributed by atoms with Gasteiger partial charge in [0.2, 0.25) is 0 Å². The fraction of sp³-hybridized carbons (Fsp3) is 0.143. The van der Waals surface area contributed by atoms with Gasteiger partial charge < -0.3 is 14.8 Å². The lowest BCUT2D eigenvalue weighted by Gasteiger charge is -2.14. The number of carbonyl (C=O) groups is 2. The van der Waals surface area contributed by atoms with Crippen molar-refractivity contribution in [3.63, 3.8) is 0 Å². The summed E-state index contributed by atoms with van der Waals surface area (Å²) in [5.74, 6) is 0.617. The van der Waals surface area contributed by atoms with Gasteiger partial charge in [-0.1, -0.05) is 35.3 Å². The number of carbonyl (C=O) groups excluding carboxylic acids is 2. The molecule has 1 heterocycles. The molecular weight excluding hydrogens is 542 g/mol. The Labute approximate surface area is 197 Å². The summed E-state index contributed by atoms with van der Waals surface area (Å²) < 4.78 is 12.2. The second kappa shape index (κ2) is 9.72. The van der Waals surface area contributed by atoms with Crippen molar-refractivity contribution in [1.29, 1.82) is 0 Å². The van der Waals surface area contributed by atoms with Gasteiger partial charge in [-0.25, -0.2) is 4.79 Å². The summed E-state index contributed by atoms with van der Waals surface area (Å²) in [6.45, 7) is 3.93. The Kier molecular flexibility index (Phi) is 7.27. The number of hydrogen-bond donors (Lipinski definition) is 1. The number of benzene rings is 2. The maximum atomic E-state index is 12.4. The minimum Gasteiger partial charge on any atom is -0.493 e. The molecule has 9 heteroatoms. The Bertz CT molecular complexity index is 1060. The van der Waals surface area contributed by atoms with Crippen LogP contribution in [0, 0.1) is 3.57 Å². The molecule has 1 saturated heterocycles. The van der Waals surface area contributed by atoms with Crippen molar-refractivity contribution in [2.45, 2.75) is 6.61 Å². The van der Waals surface area contributed by atoms with E-state index in [4.69, 9.17) is 32.7 Å². The molecule has 2 aromatic carbocycles. The number of nitrogens with zero attached hydrogens (tertiary/aromatic N) is 1. The minimum absolute atomic E-state index is 0.142. The Morgan fingerprint density at radius 3 is 2.67 bits per heavy atom. The zero-order valence-electron chi connectivity index (χ0n) is 15.9. The van der Waals surface area contributed by atoms with Gasteiger partial charge in [-0.3, -0.25) is 9.69 Å². The molecule has 0 atom stereocenters. The van der Waals surface area contributed by atoms with E-state index in [1.54, 1.807) is 30.3 Å². The average Bonchev–Trinajstić information content (AvgIpc) is 2.95. The largest absolute Gasteiger partial charge is 0.493 e. The van der Waals surface area contributed by atoms with Gasteiger partial charge >= 0.3 is 6.03 Å². The van der Waals surface area contributed by atoms with Gasteiger partial charge in [-0.15, -0.1) is 6.58 Å². The topological polar surface area (TPSA) is 67.9 Å². The van der Waals surface area contributed by atoms with E-state index < -0.39 is 11.9 Å². The molecule has 0 spiro atoms. The van der Waals surface area contributed by atoms with Crippen molar-refractivity contribution < 1.29 is 19.1 Å². The molecule has 0 aromatic heterocycles. The predicted octanol–water partition coefficient (Wildman–Crippen LogP) is 5.26. The molecule has 0 aliphatic carbocycles. The van der Waals surface area contributed by atoms with Crippen molar-refractivity contribution in [3.8, 4) is 11.5 Å². The summed E-state index contributed by atoms with van der Waals surface area (Å²) >= 11 is 14.3. The van der Waals surface area contributed by atoms with Crippen molar-refractivity contribution in [2.24, 2.45) is 0 Å². The Hall–Kier alpha value is -2.23. The van der Waals surface area contributed by atoms with Gasteiger partial charge in [0.05, 0.1) is 10.7 Å². The van der Waals surface area contributed by atoms with Crippen LogP contribution in [-0.2, 0) is 11.4 Å². The smallest absolute Gasteiger partial charge is 0.329 e. The van der Waals surface area contributed by atoms with Crippen molar-refractivity contribution >= 4 is 63.8 Å². The van der Waals surface area contributed by atoms with Crippen LogP contribution in [0.5, 0.6) is 11.5 Å². The number of nitrogens with one attached hydrogen (secondary N) is 1. The van der Waals surface area contributed by atoms with Crippen LogP contribution in [0.15, 0.2) is 48.7 Å². The molecule has 3 amide bonds. The highest BCUT2D eigenvalue weighted by Crippen LogP contribution is 2.36. The number of hydrogen-bond acceptors (Lipinski definition) is 4. The van der Waals surface area contributed by atoms with E-state index in [1.807, 2.05) is 6.07 Å². The van der Waals surface area contributed by atoms with Gasteiger partial charge in [-0.05, 0) is 58.5 Å². The third-order valence-electron chi connectivity index (χ3n) is 4.22. The molecule has 156 valence electrons. The van der Waals surface area contributed by atoms with Crippen molar-refractivity contribution in [3.05, 3.63) is 73.4 Å². The highest BCUT2D eigenvalue weighted by Gasteiger charge is 2.32. The summed E-state index contributed by atoms with van der Waals surface area (Å²) in [6, 6.07) is 8.27. The van der Waals surface area contributed by atoms with E-state index in [1.165, 1.54) is 13.2 Å². The molecule has 0 unspecified atom stereocenters. The molecule has 1 fully saturated rings. The maximum Gasteiger partial charge on any atom is 0.329 e. The number of methoxy groups -OCH3 is 1. The van der Waals surface area contributed by atoms with Crippen LogP contribution in [-0.4, -0.2) is 30.5 Å². The minimum atomic E-state index is -0.479. The molecule has 30 heavy (non-hydrogen) atoms. The first-order valence-electron chi connectivity index (χ1n) is 8.73. The molecule has 0 bridgehead atoms. The number of rotatable bonds is 7. The SMILES string of the molecule is C=CCN1C(=O)N/C(=C/c2cc(I)c(OCc3ccc(Cl)cc3Cl)c(OC)c2)C1=O. The maximum absolute atomic E-state index is 12.4. The lowest BCUT2D eigenvalue weighted by molar-refractivity contribution is -0.122. The normalized spacial score (nSPS) is 14.8. The first-order valence-corrected chi connectivity index (χ1v) is 10.6. The van der Waals surface area contributed by atoms with E-state index in [9.17, 15) is 9.59 Å². The van der Waals surface area contributed by atoms with E-state index in [-0.39, 0.29) is 18.8 Å². The first-order chi connectivity index (χ1) is 14.3. The van der Waals surface area contributed by atoms with Crippen molar-refractivity contribution in [2.75, 3.05) is 13.7 Å². The molecule has 2 aromatic rings. The zero-order chi connectivity index (χ0) is 21.8. The molecule has 3 rings (SSSR count). The third-order valence-corrected chi connectivity index (χ3v) is 5.61. The first kappa shape index (κ1) is 22.5. The van der Waals surface area contributed by atoms with Crippen LogP contribution in [0.1, 0.15) is 11.1 Å².